The van der Waals surface area contributed by atoms with Gasteiger partial charge in [-0.25, -0.2) is 4.99 Å². The number of aliphatic imine (C=N–C) groups is 1. The number of rotatable bonds is 2. The summed E-state index contributed by atoms with van der Waals surface area (Å²) in [6.07, 6.45) is 5.38. The first-order chi connectivity index (χ1) is 10.2. The van der Waals surface area contributed by atoms with E-state index in [1.807, 2.05) is 49.4 Å². The topological polar surface area (TPSA) is 54.4 Å². The van der Waals surface area contributed by atoms with E-state index in [9.17, 15) is 4.79 Å². The summed E-state index contributed by atoms with van der Waals surface area (Å²) in [6.45, 7) is 1.99. The van der Waals surface area contributed by atoms with Crippen LogP contribution in [-0.4, -0.2) is 16.1 Å². The minimum atomic E-state index is -0.113. The van der Waals surface area contributed by atoms with Crippen LogP contribution in [0.3, 0.4) is 0 Å². The van der Waals surface area contributed by atoms with Crippen LogP contribution in [0.4, 0.5) is 10.5 Å². The van der Waals surface area contributed by atoms with E-state index in [1.54, 1.807) is 12.4 Å². The number of aromatic nitrogens is 1. The van der Waals surface area contributed by atoms with Crippen LogP contribution >= 0.6 is 11.8 Å². The van der Waals surface area contributed by atoms with Gasteiger partial charge >= 0.3 is 0 Å². The van der Waals surface area contributed by atoms with Crippen molar-refractivity contribution in [2.24, 2.45) is 4.99 Å². The third kappa shape index (κ3) is 3.20. The number of carbonyl (C=O) groups excluding carboxylic acids is 1. The first-order valence-electron chi connectivity index (χ1n) is 6.47. The molecule has 1 amide bonds. The summed E-state index contributed by atoms with van der Waals surface area (Å²) in [4.78, 5) is 21.1. The molecule has 1 saturated heterocycles. The van der Waals surface area contributed by atoms with Crippen molar-refractivity contribution in [3.8, 4) is 0 Å². The Morgan fingerprint density at radius 2 is 2.10 bits per heavy atom. The number of hydrogen-bond acceptors (Lipinski definition) is 4. The van der Waals surface area contributed by atoms with Crippen molar-refractivity contribution in [2.75, 3.05) is 0 Å². The molecule has 2 aromatic rings. The van der Waals surface area contributed by atoms with Crippen LogP contribution in [0.25, 0.3) is 6.08 Å². The van der Waals surface area contributed by atoms with Crippen LogP contribution in [0.1, 0.15) is 11.1 Å². The fourth-order valence-corrected chi connectivity index (χ4v) is 2.67. The molecule has 104 valence electrons. The van der Waals surface area contributed by atoms with E-state index >= 15 is 0 Å². The second-order valence-electron chi connectivity index (χ2n) is 4.56. The highest BCUT2D eigenvalue weighted by Crippen LogP contribution is 2.29. The Kier molecular flexibility index (Phi) is 3.83. The summed E-state index contributed by atoms with van der Waals surface area (Å²) in [5.41, 5.74) is 2.86. The molecule has 1 N–H and O–H groups in total. The molecule has 0 aliphatic carbocycles. The molecular formula is C16H13N3OS. The Balaban J connectivity index is 1.99. The van der Waals surface area contributed by atoms with E-state index < -0.39 is 0 Å². The van der Waals surface area contributed by atoms with Gasteiger partial charge in [-0.2, -0.15) is 0 Å². The van der Waals surface area contributed by atoms with Gasteiger partial charge in [0.05, 0.1) is 10.6 Å². The van der Waals surface area contributed by atoms with Gasteiger partial charge in [-0.15, -0.1) is 0 Å². The summed E-state index contributed by atoms with van der Waals surface area (Å²) >= 11 is 1.15. The maximum atomic E-state index is 11.6. The first-order valence-corrected chi connectivity index (χ1v) is 7.29. The normalized spacial score (nSPS) is 18.2. The lowest BCUT2D eigenvalue weighted by molar-refractivity contribution is 0.265. The number of nitrogens with one attached hydrogen (secondary N) is 1. The van der Waals surface area contributed by atoms with Gasteiger partial charge in [0.15, 0.2) is 0 Å². The summed E-state index contributed by atoms with van der Waals surface area (Å²) in [5.74, 6) is 0.586. The average Bonchev–Trinajstić information content (AvgIpc) is 2.82. The highest BCUT2D eigenvalue weighted by Gasteiger charge is 2.23. The van der Waals surface area contributed by atoms with Gasteiger partial charge in [-0.3, -0.25) is 9.78 Å². The molecule has 2 heterocycles. The number of para-hydroxylation sites is 1. The van der Waals surface area contributed by atoms with E-state index in [4.69, 9.17) is 0 Å². The molecule has 0 saturated carbocycles. The number of aryl methyl sites for hydroxylation is 1. The van der Waals surface area contributed by atoms with Crippen molar-refractivity contribution in [3.05, 3.63) is 64.8 Å². The minimum Gasteiger partial charge on any atom is -0.300 e. The standard InChI is InChI=1S/C16H13N3OS/c1-11-5-2-3-7-13(11)18-15-14(21-16(20)19-15)9-12-6-4-8-17-10-12/h2-10H,1H3,(H,18,19,20)/b14-9-. The molecule has 1 aliphatic rings. The zero-order valence-corrected chi connectivity index (χ0v) is 12.2. The lowest BCUT2D eigenvalue weighted by atomic mass is 10.2. The van der Waals surface area contributed by atoms with Gasteiger partial charge in [-0.05, 0) is 48.0 Å². The van der Waals surface area contributed by atoms with Gasteiger partial charge in [0.2, 0.25) is 0 Å². The largest absolute Gasteiger partial charge is 0.300 e. The summed E-state index contributed by atoms with van der Waals surface area (Å²) < 4.78 is 0. The average molecular weight is 295 g/mol. The Bertz CT molecular complexity index is 738. The molecule has 1 aromatic carbocycles. The Morgan fingerprint density at radius 1 is 1.24 bits per heavy atom. The van der Waals surface area contributed by atoms with Crippen LogP contribution < -0.4 is 5.32 Å². The number of carbonyl (C=O) groups is 1. The molecule has 0 radical (unpaired) electrons. The number of thioether (sulfide) groups is 1. The molecule has 1 aliphatic heterocycles. The molecule has 1 aromatic heterocycles. The maximum Gasteiger partial charge on any atom is 0.289 e. The smallest absolute Gasteiger partial charge is 0.289 e. The minimum absolute atomic E-state index is 0.113. The molecule has 21 heavy (non-hydrogen) atoms. The summed E-state index contributed by atoms with van der Waals surface area (Å²) in [6, 6.07) is 11.6. The molecule has 4 nitrogen and oxygen atoms in total. The van der Waals surface area contributed by atoms with E-state index in [0.717, 1.165) is 33.5 Å². The first kappa shape index (κ1) is 13.6. The summed E-state index contributed by atoms with van der Waals surface area (Å²) in [7, 11) is 0. The summed E-state index contributed by atoms with van der Waals surface area (Å²) in [5, 5.41) is 2.67. The molecule has 0 spiro atoms. The third-order valence-electron chi connectivity index (χ3n) is 2.99. The molecule has 3 rings (SSSR count). The zero-order valence-electron chi connectivity index (χ0n) is 11.4. The van der Waals surface area contributed by atoms with E-state index in [2.05, 4.69) is 15.3 Å². The monoisotopic (exact) mass is 295 g/mol. The number of amides is 1. The fourth-order valence-electron chi connectivity index (χ4n) is 1.93. The number of benzene rings is 1. The van der Waals surface area contributed by atoms with Crippen molar-refractivity contribution < 1.29 is 4.79 Å². The second-order valence-corrected chi connectivity index (χ2v) is 5.57. The van der Waals surface area contributed by atoms with Crippen molar-refractivity contribution in [1.82, 2.24) is 10.3 Å². The van der Waals surface area contributed by atoms with Crippen LogP contribution in [0.15, 0.2) is 58.7 Å². The second kappa shape index (κ2) is 5.93. The molecule has 1 fully saturated rings. The van der Waals surface area contributed by atoms with Gasteiger partial charge in [0.1, 0.15) is 5.84 Å². The number of pyridine rings is 1. The predicted molar refractivity (Wildman–Crippen MR) is 86.6 cm³/mol. The van der Waals surface area contributed by atoms with E-state index in [0.29, 0.717) is 5.84 Å². The highest BCUT2D eigenvalue weighted by molar-refractivity contribution is 8.18. The number of nitrogens with zero attached hydrogens (tertiary/aromatic N) is 2. The molecule has 0 unspecified atom stereocenters. The molecular weight excluding hydrogens is 282 g/mol. The van der Waals surface area contributed by atoms with Gasteiger partial charge in [0, 0.05) is 12.4 Å². The maximum absolute atomic E-state index is 11.6. The van der Waals surface area contributed by atoms with Crippen LogP contribution in [0.5, 0.6) is 0 Å². The molecule has 5 heteroatoms. The SMILES string of the molecule is Cc1ccccc1N=C1NC(=O)S/C1=C\c1cccnc1. The fraction of sp³-hybridized carbons (Fsp3) is 0.0625. The lowest BCUT2D eigenvalue weighted by Crippen LogP contribution is -2.18. The van der Waals surface area contributed by atoms with Crippen molar-refractivity contribution >= 4 is 34.6 Å². The van der Waals surface area contributed by atoms with E-state index in [1.165, 1.54) is 0 Å². The Hall–Kier alpha value is -2.40. The Morgan fingerprint density at radius 3 is 2.86 bits per heavy atom. The van der Waals surface area contributed by atoms with Crippen molar-refractivity contribution in [2.45, 2.75) is 6.92 Å². The van der Waals surface area contributed by atoms with Crippen LogP contribution in [0, 0.1) is 6.92 Å². The van der Waals surface area contributed by atoms with Crippen LogP contribution in [-0.2, 0) is 0 Å². The number of amidine groups is 1. The van der Waals surface area contributed by atoms with Gasteiger partial charge in [-0.1, -0.05) is 24.3 Å². The van der Waals surface area contributed by atoms with Crippen LogP contribution in [0.2, 0.25) is 0 Å². The third-order valence-corrected chi connectivity index (χ3v) is 3.80. The zero-order chi connectivity index (χ0) is 14.7. The lowest BCUT2D eigenvalue weighted by Gasteiger charge is -2.02. The van der Waals surface area contributed by atoms with E-state index in [-0.39, 0.29) is 5.24 Å². The number of hydrogen-bond donors (Lipinski definition) is 1. The molecule has 0 bridgehead atoms. The van der Waals surface area contributed by atoms with Crippen molar-refractivity contribution in [1.29, 1.82) is 0 Å². The quantitative estimate of drug-likeness (QED) is 0.913. The Labute approximate surface area is 127 Å². The molecule has 0 atom stereocenters. The van der Waals surface area contributed by atoms with Crippen molar-refractivity contribution in [3.63, 3.8) is 0 Å². The van der Waals surface area contributed by atoms with Gasteiger partial charge < -0.3 is 5.32 Å². The highest BCUT2D eigenvalue weighted by atomic mass is 32.2. The van der Waals surface area contributed by atoms with Gasteiger partial charge in [0.25, 0.3) is 5.24 Å². The predicted octanol–water partition coefficient (Wildman–Crippen LogP) is 3.92.